The third-order valence-electron chi connectivity index (χ3n) is 7.43. The maximum atomic E-state index is 6.32. The first-order chi connectivity index (χ1) is 19.3. The number of furan rings is 2. The van der Waals surface area contributed by atoms with E-state index in [2.05, 4.69) is 102 Å². The van der Waals surface area contributed by atoms with Crippen LogP contribution >= 0.6 is 0 Å². The molecule has 184 valence electrons. The molecule has 3 nitrogen and oxygen atoms in total. The highest BCUT2D eigenvalue weighted by Gasteiger charge is 2.16. The summed E-state index contributed by atoms with van der Waals surface area (Å²) in [6, 6.07) is 46.0. The summed E-state index contributed by atoms with van der Waals surface area (Å²) in [5.74, 6) is 0. The van der Waals surface area contributed by atoms with Crippen LogP contribution in [0.3, 0.4) is 0 Å². The van der Waals surface area contributed by atoms with Crippen molar-refractivity contribution in [3.05, 3.63) is 133 Å². The van der Waals surface area contributed by atoms with Crippen molar-refractivity contribution in [3.63, 3.8) is 0 Å². The van der Waals surface area contributed by atoms with E-state index in [4.69, 9.17) is 8.83 Å². The standard InChI is InChI=1S/C36H23NO2/c1-3-10-23(11-4-1)27-15-9-17-33-35(27)30-20-25(18-19-32(30)38-33)37-26-21-29(24-12-5-2-6-13-24)36-28-14-7-8-16-31(28)39-34(36)22-26/h1-22,37H. The van der Waals surface area contributed by atoms with Gasteiger partial charge in [0.1, 0.15) is 22.3 Å². The van der Waals surface area contributed by atoms with Crippen LogP contribution in [0.1, 0.15) is 0 Å². The summed E-state index contributed by atoms with van der Waals surface area (Å²) >= 11 is 0. The minimum atomic E-state index is 0.862. The zero-order chi connectivity index (χ0) is 25.8. The van der Waals surface area contributed by atoms with Crippen LogP contribution in [0.25, 0.3) is 66.1 Å². The van der Waals surface area contributed by atoms with Gasteiger partial charge in [-0.1, -0.05) is 91.0 Å². The quantitative estimate of drug-likeness (QED) is 0.261. The van der Waals surface area contributed by atoms with E-state index < -0.39 is 0 Å². The Morgan fingerprint density at radius 2 is 1.03 bits per heavy atom. The van der Waals surface area contributed by atoms with Crippen molar-refractivity contribution in [1.82, 2.24) is 0 Å². The summed E-state index contributed by atoms with van der Waals surface area (Å²) in [6.45, 7) is 0. The maximum absolute atomic E-state index is 6.32. The van der Waals surface area contributed by atoms with Crippen molar-refractivity contribution >= 4 is 55.3 Å². The maximum Gasteiger partial charge on any atom is 0.138 e. The molecule has 0 unspecified atom stereocenters. The third kappa shape index (κ3) is 3.59. The topological polar surface area (TPSA) is 38.3 Å². The van der Waals surface area contributed by atoms with E-state index in [1.165, 1.54) is 11.1 Å². The molecule has 6 aromatic carbocycles. The van der Waals surface area contributed by atoms with E-state index in [-0.39, 0.29) is 0 Å². The van der Waals surface area contributed by atoms with Crippen LogP contribution in [0.2, 0.25) is 0 Å². The summed E-state index contributed by atoms with van der Waals surface area (Å²) in [6.07, 6.45) is 0. The first-order valence-corrected chi connectivity index (χ1v) is 13.1. The molecule has 8 aromatic rings. The second-order valence-corrected chi connectivity index (χ2v) is 9.84. The second kappa shape index (κ2) is 8.64. The van der Waals surface area contributed by atoms with Crippen molar-refractivity contribution < 1.29 is 8.83 Å². The molecule has 0 aliphatic rings. The summed E-state index contributed by atoms with van der Waals surface area (Å²) in [7, 11) is 0. The van der Waals surface area contributed by atoms with Crippen LogP contribution < -0.4 is 5.32 Å². The molecular formula is C36H23NO2. The highest BCUT2D eigenvalue weighted by atomic mass is 16.3. The zero-order valence-corrected chi connectivity index (χ0v) is 21.0. The molecule has 0 spiro atoms. The van der Waals surface area contributed by atoms with Crippen LogP contribution in [-0.4, -0.2) is 0 Å². The molecule has 8 rings (SSSR count). The van der Waals surface area contributed by atoms with Crippen molar-refractivity contribution in [1.29, 1.82) is 0 Å². The summed E-state index contributed by atoms with van der Waals surface area (Å²) in [5, 5.41) is 8.12. The number of nitrogens with one attached hydrogen (secondary N) is 1. The minimum absolute atomic E-state index is 0.862. The van der Waals surface area contributed by atoms with Crippen molar-refractivity contribution in [2.75, 3.05) is 5.32 Å². The van der Waals surface area contributed by atoms with Gasteiger partial charge in [-0.05, 0) is 58.7 Å². The number of anilines is 2. The van der Waals surface area contributed by atoms with Gasteiger partial charge in [-0.2, -0.15) is 0 Å². The lowest BCUT2D eigenvalue weighted by Gasteiger charge is -2.11. The van der Waals surface area contributed by atoms with Gasteiger partial charge in [0, 0.05) is 39.0 Å². The highest BCUT2D eigenvalue weighted by Crippen LogP contribution is 2.41. The molecule has 39 heavy (non-hydrogen) atoms. The molecule has 2 aromatic heterocycles. The van der Waals surface area contributed by atoms with Crippen LogP contribution in [0.15, 0.2) is 142 Å². The van der Waals surface area contributed by atoms with Gasteiger partial charge >= 0.3 is 0 Å². The molecule has 0 aliphatic carbocycles. The van der Waals surface area contributed by atoms with E-state index in [1.54, 1.807) is 0 Å². The zero-order valence-electron chi connectivity index (χ0n) is 21.0. The third-order valence-corrected chi connectivity index (χ3v) is 7.43. The molecule has 0 atom stereocenters. The van der Waals surface area contributed by atoms with Crippen molar-refractivity contribution in [2.45, 2.75) is 0 Å². The number of hydrogen-bond donors (Lipinski definition) is 1. The fourth-order valence-corrected chi connectivity index (χ4v) is 5.70. The number of para-hydroxylation sites is 1. The number of benzene rings is 6. The largest absolute Gasteiger partial charge is 0.456 e. The Hall–Kier alpha value is -5.28. The van der Waals surface area contributed by atoms with E-state index in [0.29, 0.717) is 0 Å². The number of hydrogen-bond acceptors (Lipinski definition) is 3. The lowest BCUT2D eigenvalue weighted by molar-refractivity contribution is 0.668. The van der Waals surface area contributed by atoms with Crippen LogP contribution in [0, 0.1) is 0 Å². The minimum Gasteiger partial charge on any atom is -0.456 e. The number of rotatable bonds is 4. The predicted octanol–water partition coefficient (Wildman–Crippen LogP) is 10.6. The van der Waals surface area contributed by atoms with E-state index >= 15 is 0 Å². The van der Waals surface area contributed by atoms with Gasteiger partial charge in [-0.25, -0.2) is 0 Å². The molecule has 2 heterocycles. The van der Waals surface area contributed by atoms with Gasteiger partial charge in [0.15, 0.2) is 0 Å². The Balaban J connectivity index is 1.29. The SMILES string of the molecule is c1ccc(-c2cc(Nc3ccc4oc5cccc(-c6ccccc6)c5c4c3)cc3oc4ccccc4c23)cc1. The summed E-state index contributed by atoms with van der Waals surface area (Å²) in [5.41, 5.74) is 10.1. The molecule has 0 saturated carbocycles. The Bertz CT molecular complexity index is 2140. The van der Waals surface area contributed by atoms with Gasteiger partial charge in [-0.3, -0.25) is 0 Å². The predicted molar refractivity (Wildman–Crippen MR) is 162 cm³/mol. The molecule has 1 N–H and O–H groups in total. The van der Waals surface area contributed by atoms with Gasteiger partial charge < -0.3 is 14.2 Å². The van der Waals surface area contributed by atoms with Crippen molar-refractivity contribution in [3.8, 4) is 22.3 Å². The van der Waals surface area contributed by atoms with Crippen LogP contribution in [0.5, 0.6) is 0 Å². The lowest BCUT2D eigenvalue weighted by Crippen LogP contribution is -1.91. The van der Waals surface area contributed by atoms with Crippen molar-refractivity contribution in [2.24, 2.45) is 0 Å². The Kier molecular flexibility index (Phi) is 4.82. The molecule has 3 heteroatoms. The molecule has 0 bridgehead atoms. The monoisotopic (exact) mass is 501 g/mol. The smallest absolute Gasteiger partial charge is 0.138 e. The molecule has 0 saturated heterocycles. The van der Waals surface area contributed by atoms with Crippen LogP contribution in [0.4, 0.5) is 11.4 Å². The Labute approximate surface area is 224 Å². The normalized spacial score (nSPS) is 11.6. The molecule has 0 aliphatic heterocycles. The first kappa shape index (κ1) is 21.8. The highest BCUT2D eigenvalue weighted by molar-refractivity contribution is 6.15. The molecule has 0 radical (unpaired) electrons. The van der Waals surface area contributed by atoms with E-state index in [1.807, 2.05) is 36.4 Å². The lowest BCUT2D eigenvalue weighted by atomic mass is 9.98. The fraction of sp³-hybridized carbons (Fsp3) is 0. The first-order valence-electron chi connectivity index (χ1n) is 13.1. The Morgan fingerprint density at radius 3 is 1.85 bits per heavy atom. The number of fused-ring (bicyclic) bond motifs is 6. The second-order valence-electron chi connectivity index (χ2n) is 9.84. The van der Waals surface area contributed by atoms with Gasteiger partial charge in [0.2, 0.25) is 0 Å². The molecule has 0 fully saturated rings. The molecule has 0 amide bonds. The fourth-order valence-electron chi connectivity index (χ4n) is 5.70. The Morgan fingerprint density at radius 1 is 0.385 bits per heavy atom. The summed E-state index contributed by atoms with van der Waals surface area (Å²) in [4.78, 5) is 0. The average Bonchev–Trinajstić information content (AvgIpc) is 3.55. The van der Waals surface area contributed by atoms with Gasteiger partial charge in [0.05, 0.1) is 0 Å². The van der Waals surface area contributed by atoms with Crippen LogP contribution in [-0.2, 0) is 0 Å². The van der Waals surface area contributed by atoms with E-state index in [9.17, 15) is 0 Å². The summed E-state index contributed by atoms with van der Waals surface area (Å²) < 4.78 is 12.6. The van der Waals surface area contributed by atoms with Gasteiger partial charge in [-0.15, -0.1) is 0 Å². The van der Waals surface area contributed by atoms with E-state index in [0.717, 1.165) is 66.4 Å². The molecular weight excluding hydrogens is 478 g/mol. The average molecular weight is 502 g/mol. The van der Waals surface area contributed by atoms with Gasteiger partial charge in [0.25, 0.3) is 0 Å².